The molecule has 0 radical (unpaired) electrons. The summed E-state index contributed by atoms with van der Waals surface area (Å²) in [7, 11) is 1.64. The average Bonchev–Trinajstić information content (AvgIpc) is 2.59. The third kappa shape index (κ3) is 4.25. The maximum atomic E-state index is 13.0. The predicted octanol–water partition coefficient (Wildman–Crippen LogP) is 3.62. The molecule has 1 aliphatic heterocycles. The van der Waals surface area contributed by atoms with Crippen molar-refractivity contribution in [2.24, 2.45) is 5.92 Å². The lowest BCUT2D eigenvalue weighted by Crippen LogP contribution is -2.50. The van der Waals surface area contributed by atoms with Crippen LogP contribution in [0.4, 0.5) is 39.0 Å². The molecule has 2 aliphatic rings. The van der Waals surface area contributed by atoms with Gasteiger partial charge in [-0.05, 0) is 25.0 Å². The highest BCUT2D eigenvalue weighted by Crippen LogP contribution is 2.39. The summed E-state index contributed by atoms with van der Waals surface area (Å²) in [5, 5.41) is 5.45. The summed E-state index contributed by atoms with van der Waals surface area (Å²) in [6.07, 6.45) is -5.22. The topological polar surface area (TPSA) is 70.4 Å². The number of carbonyl (C=O) groups is 1. The molecule has 0 aromatic heterocycles. The van der Waals surface area contributed by atoms with Crippen LogP contribution in [-0.4, -0.2) is 44.2 Å². The van der Waals surface area contributed by atoms with Crippen molar-refractivity contribution in [2.45, 2.75) is 43.8 Å². The average molecular weight is 406 g/mol. The van der Waals surface area contributed by atoms with Crippen LogP contribution in [0.3, 0.4) is 0 Å². The molecule has 5 nitrogen and oxygen atoms in total. The molecule has 156 valence electrons. The monoisotopic (exact) mass is 406 g/mol. The number of hydrogen-bond donors (Lipinski definition) is 3. The van der Waals surface area contributed by atoms with E-state index in [0.717, 1.165) is 0 Å². The van der Waals surface area contributed by atoms with E-state index < -0.39 is 42.8 Å². The molecular formula is C18H23F5N4O. The Morgan fingerprint density at radius 3 is 2.32 bits per heavy atom. The molecule has 2 fully saturated rings. The van der Waals surface area contributed by atoms with Crippen molar-refractivity contribution < 1.29 is 26.7 Å². The van der Waals surface area contributed by atoms with Crippen LogP contribution in [-0.2, 0) is 0 Å². The lowest BCUT2D eigenvalue weighted by molar-refractivity contribution is -0.179. The zero-order chi connectivity index (χ0) is 20.7. The molecule has 1 aromatic rings. The van der Waals surface area contributed by atoms with E-state index in [9.17, 15) is 26.7 Å². The standard InChI is InChI=1S/C18H23F5N4O/c1-25-14-7-15(27-4-2-10(3-5-27)18(21,22)23)12(6-13(14)24)16(28)26-11-8-17(19,20)9-11/h6-7,10-11,25H,2-5,8-9,24H2,1H3,(H,26,28). The first-order valence-corrected chi connectivity index (χ1v) is 9.12. The van der Waals surface area contributed by atoms with E-state index >= 15 is 0 Å². The molecule has 1 heterocycles. The van der Waals surface area contributed by atoms with Crippen LogP contribution >= 0.6 is 0 Å². The van der Waals surface area contributed by atoms with Gasteiger partial charge >= 0.3 is 6.18 Å². The smallest absolute Gasteiger partial charge is 0.391 e. The fourth-order valence-electron chi connectivity index (χ4n) is 3.74. The van der Waals surface area contributed by atoms with Crippen LogP contribution < -0.4 is 21.3 Å². The van der Waals surface area contributed by atoms with E-state index in [1.165, 1.54) is 6.07 Å². The minimum Gasteiger partial charge on any atom is -0.397 e. The molecule has 1 saturated carbocycles. The number of carbonyl (C=O) groups excluding carboxylic acids is 1. The number of nitrogen functional groups attached to an aromatic ring is 1. The second kappa shape index (κ2) is 7.29. The Morgan fingerprint density at radius 1 is 1.21 bits per heavy atom. The number of nitrogens with zero attached hydrogens (tertiary/aromatic N) is 1. The van der Waals surface area contributed by atoms with Gasteiger partial charge in [0.15, 0.2) is 0 Å². The maximum absolute atomic E-state index is 13.0. The van der Waals surface area contributed by atoms with E-state index in [2.05, 4.69) is 10.6 Å². The number of alkyl halides is 5. The first kappa shape index (κ1) is 20.5. The largest absolute Gasteiger partial charge is 0.397 e. The molecule has 10 heteroatoms. The van der Waals surface area contributed by atoms with E-state index in [0.29, 0.717) is 17.1 Å². The van der Waals surface area contributed by atoms with Gasteiger partial charge in [-0.15, -0.1) is 0 Å². The third-order valence-corrected chi connectivity index (χ3v) is 5.41. The van der Waals surface area contributed by atoms with Crippen molar-refractivity contribution in [1.82, 2.24) is 5.32 Å². The third-order valence-electron chi connectivity index (χ3n) is 5.41. The van der Waals surface area contributed by atoms with Gasteiger partial charge in [-0.2, -0.15) is 13.2 Å². The van der Waals surface area contributed by atoms with Gasteiger partial charge in [0.2, 0.25) is 0 Å². The Labute approximate surface area is 159 Å². The second-order valence-electron chi connectivity index (χ2n) is 7.44. The zero-order valence-corrected chi connectivity index (χ0v) is 15.4. The highest BCUT2D eigenvalue weighted by Gasteiger charge is 2.46. The van der Waals surface area contributed by atoms with Crippen molar-refractivity contribution >= 4 is 23.0 Å². The van der Waals surface area contributed by atoms with E-state index in [1.807, 2.05) is 0 Å². The highest BCUT2D eigenvalue weighted by atomic mass is 19.4. The van der Waals surface area contributed by atoms with Gasteiger partial charge in [0.1, 0.15) is 0 Å². The molecule has 1 amide bonds. The number of piperidine rings is 1. The predicted molar refractivity (Wildman–Crippen MR) is 96.8 cm³/mol. The fourth-order valence-corrected chi connectivity index (χ4v) is 3.74. The zero-order valence-electron chi connectivity index (χ0n) is 15.4. The number of nitrogens with one attached hydrogen (secondary N) is 2. The van der Waals surface area contributed by atoms with Crippen LogP contribution in [0.15, 0.2) is 12.1 Å². The molecule has 28 heavy (non-hydrogen) atoms. The SMILES string of the molecule is CNc1cc(N2CCC(C(F)(F)F)CC2)c(C(=O)NC2CC(F)(F)C2)cc1N. The van der Waals surface area contributed by atoms with E-state index in [4.69, 9.17) is 5.73 Å². The summed E-state index contributed by atoms with van der Waals surface area (Å²) in [6, 6.07) is 2.42. The van der Waals surface area contributed by atoms with Gasteiger partial charge in [0.05, 0.1) is 28.5 Å². The van der Waals surface area contributed by atoms with Crippen molar-refractivity contribution in [3.63, 3.8) is 0 Å². The van der Waals surface area contributed by atoms with Gasteiger partial charge in [0, 0.05) is 39.0 Å². The van der Waals surface area contributed by atoms with Crippen LogP contribution in [0.5, 0.6) is 0 Å². The first-order chi connectivity index (χ1) is 13.0. The summed E-state index contributed by atoms with van der Waals surface area (Å²) in [6.45, 7) is 0.276. The van der Waals surface area contributed by atoms with Crippen molar-refractivity contribution in [1.29, 1.82) is 0 Å². The number of rotatable bonds is 4. The Kier molecular flexibility index (Phi) is 5.33. The molecule has 1 aromatic carbocycles. The Bertz CT molecular complexity index is 736. The van der Waals surface area contributed by atoms with Crippen molar-refractivity contribution in [3.8, 4) is 0 Å². The lowest BCUT2D eigenvalue weighted by Gasteiger charge is -2.37. The molecular weight excluding hydrogens is 383 g/mol. The van der Waals surface area contributed by atoms with Gasteiger partial charge in [0.25, 0.3) is 11.8 Å². The van der Waals surface area contributed by atoms with Crippen LogP contribution in [0.1, 0.15) is 36.0 Å². The summed E-state index contributed by atoms with van der Waals surface area (Å²) in [5.74, 6) is -4.69. The minimum atomic E-state index is -4.24. The van der Waals surface area contributed by atoms with Crippen molar-refractivity contribution in [2.75, 3.05) is 36.1 Å². The van der Waals surface area contributed by atoms with Crippen LogP contribution in [0.2, 0.25) is 0 Å². The molecule has 3 rings (SSSR count). The van der Waals surface area contributed by atoms with Crippen molar-refractivity contribution in [3.05, 3.63) is 17.7 Å². The normalized spacial score (nSPS) is 20.6. The molecule has 4 N–H and O–H groups in total. The van der Waals surface area contributed by atoms with Gasteiger partial charge in [-0.25, -0.2) is 8.78 Å². The summed E-state index contributed by atoms with van der Waals surface area (Å²) in [4.78, 5) is 14.4. The molecule has 1 aliphatic carbocycles. The quantitative estimate of drug-likeness (QED) is 0.528. The van der Waals surface area contributed by atoms with Gasteiger partial charge in [-0.3, -0.25) is 4.79 Å². The van der Waals surface area contributed by atoms with Gasteiger partial charge in [-0.1, -0.05) is 0 Å². The maximum Gasteiger partial charge on any atom is 0.391 e. The highest BCUT2D eigenvalue weighted by molar-refractivity contribution is 6.02. The minimum absolute atomic E-state index is 0.0708. The number of nitrogens with two attached hydrogens (primary N) is 1. The van der Waals surface area contributed by atoms with E-state index in [1.54, 1.807) is 18.0 Å². The first-order valence-electron chi connectivity index (χ1n) is 9.12. The number of halogens is 5. The van der Waals surface area contributed by atoms with Crippen LogP contribution in [0.25, 0.3) is 0 Å². The molecule has 1 saturated heterocycles. The molecule has 0 bridgehead atoms. The number of benzene rings is 1. The number of anilines is 3. The number of amides is 1. The lowest BCUT2D eigenvalue weighted by atomic mass is 9.88. The van der Waals surface area contributed by atoms with E-state index in [-0.39, 0.29) is 31.5 Å². The number of hydrogen-bond acceptors (Lipinski definition) is 4. The van der Waals surface area contributed by atoms with Gasteiger partial charge < -0.3 is 21.3 Å². The molecule has 0 spiro atoms. The Morgan fingerprint density at radius 2 is 1.82 bits per heavy atom. The second-order valence-corrected chi connectivity index (χ2v) is 7.44. The fraction of sp³-hybridized carbons (Fsp3) is 0.611. The summed E-state index contributed by atoms with van der Waals surface area (Å²) in [5.41, 5.74) is 7.40. The Hall–Kier alpha value is -2.26. The Balaban J connectivity index is 1.80. The summed E-state index contributed by atoms with van der Waals surface area (Å²) >= 11 is 0. The summed E-state index contributed by atoms with van der Waals surface area (Å²) < 4.78 is 64.8. The van der Waals surface area contributed by atoms with Crippen LogP contribution in [0, 0.1) is 5.92 Å². The molecule has 0 atom stereocenters. The molecule has 0 unspecified atom stereocenters.